The van der Waals surface area contributed by atoms with Crippen LogP contribution in [0.1, 0.15) is 24.8 Å². The van der Waals surface area contributed by atoms with Crippen molar-refractivity contribution >= 4 is 18.1 Å². The van der Waals surface area contributed by atoms with Crippen LogP contribution in [0.5, 0.6) is 0 Å². The van der Waals surface area contributed by atoms with Gasteiger partial charge < -0.3 is 10.1 Å². The highest BCUT2D eigenvalue weighted by Gasteiger charge is 2.47. The maximum absolute atomic E-state index is 12.4. The minimum Gasteiger partial charge on any atom is -0.415 e. The number of benzene rings is 1. The van der Waals surface area contributed by atoms with E-state index in [0.717, 1.165) is 24.6 Å². The molecule has 2 atom stereocenters. The molecule has 1 aliphatic heterocycles. The van der Waals surface area contributed by atoms with Crippen molar-refractivity contribution < 1.29 is 18.8 Å². The monoisotopic (exact) mass is 289 g/mol. The van der Waals surface area contributed by atoms with Gasteiger partial charge in [-0.25, -0.2) is 4.48 Å². The van der Waals surface area contributed by atoms with Crippen molar-refractivity contribution in [3.05, 3.63) is 35.9 Å². The third-order valence-electron chi connectivity index (χ3n) is 4.13. The largest absolute Gasteiger partial charge is 0.516 e. The van der Waals surface area contributed by atoms with Crippen LogP contribution in [0, 0.1) is 5.41 Å². The summed E-state index contributed by atoms with van der Waals surface area (Å²) in [7, 11) is 1.73. The topological polar surface area (TPSA) is 67.2 Å². The van der Waals surface area contributed by atoms with Crippen LogP contribution in [-0.2, 0) is 16.1 Å². The van der Waals surface area contributed by atoms with Crippen molar-refractivity contribution in [2.24, 2.45) is 0 Å². The van der Waals surface area contributed by atoms with E-state index in [0.29, 0.717) is 13.0 Å². The Hall–Kier alpha value is -2.01. The number of carbonyl (C=O) groups is 2. The number of carbonyl (C=O) groups excluding carboxylic acids is 2. The van der Waals surface area contributed by atoms with Crippen LogP contribution in [0.25, 0.3) is 0 Å². The van der Waals surface area contributed by atoms with E-state index in [4.69, 9.17) is 10.1 Å². The fourth-order valence-corrected chi connectivity index (χ4v) is 2.82. The molecule has 0 radical (unpaired) electrons. The summed E-state index contributed by atoms with van der Waals surface area (Å²) < 4.78 is 5.35. The highest BCUT2D eigenvalue weighted by molar-refractivity contribution is 6.28. The number of quaternary nitrogens is 1. The highest BCUT2D eigenvalue weighted by Crippen LogP contribution is 2.26. The molecule has 1 saturated heterocycles. The van der Waals surface area contributed by atoms with Crippen LogP contribution >= 0.6 is 0 Å². The number of likely N-dealkylation sites (tertiary alicyclic amines) is 1. The second kappa shape index (κ2) is 6.63. The van der Waals surface area contributed by atoms with Gasteiger partial charge in [0.15, 0.2) is 6.04 Å². The Morgan fingerprint density at radius 2 is 2.05 bits per heavy atom. The number of Topliss-reactive ketones (excluding diaryl/α,β-unsaturated/α-hetero) is 1. The zero-order valence-electron chi connectivity index (χ0n) is 12.2. The number of likely N-dealkylation sites (N-methyl/N-ethyl adjacent to an activating group) is 1. The summed E-state index contributed by atoms with van der Waals surface area (Å²) in [5.74, 6) is -0.297. The van der Waals surface area contributed by atoms with Crippen LogP contribution < -0.4 is 0 Å². The van der Waals surface area contributed by atoms with Gasteiger partial charge in [-0.05, 0) is 18.4 Å². The fourth-order valence-electron chi connectivity index (χ4n) is 2.82. The number of hydrogen-bond donors (Lipinski definition) is 1. The molecule has 5 nitrogen and oxygen atoms in total. The summed E-state index contributed by atoms with van der Waals surface area (Å²) in [5.41, 5.74) is 0.921. The Morgan fingerprint density at radius 1 is 1.33 bits per heavy atom. The van der Waals surface area contributed by atoms with Crippen molar-refractivity contribution in [1.29, 1.82) is 5.41 Å². The molecule has 1 aromatic carbocycles. The molecule has 1 fully saturated rings. The van der Waals surface area contributed by atoms with Crippen LogP contribution in [0.15, 0.2) is 30.3 Å². The molecule has 21 heavy (non-hydrogen) atoms. The Labute approximate surface area is 124 Å². The van der Waals surface area contributed by atoms with Crippen LogP contribution in [-0.4, -0.2) is 42.2 Å². The lowest BCUT2D eigenvalue weighted by Gasteiger charge is -2.39. The number of piperidine rings is 1. The Kier molecular flexibility index (Phi) is 4.85. The molecular formula is C16H21N2O3+. The second-order valence-electron chi connectivity index (χ2n) is 5.59. The molecule has 0 aliphatic carbocycles. The van der Waals surface area contributed by atoms with Gasteiger partial charge in [0.1, 0.15) is 6.61 Å². The predicted molar refractivity (Wildman–Crippen MR) is 79.1 cm³/mol. The molecule has 0 aromatic heterocycles. The third kappa shape index (κ3) is 3.36. The van der Waals surface area contributed by atoms with E-state index < -0.39 is 12.1 Å². The quantitative estimate of drug-likeness (QED) is 0.684. The fraction of sp³-hybridized carbons (Fsp3) is 0.438. The van der Waals surface area contributed by atoms with Crippen LogP contribution in [0.3, 0.4) is 0 Å². The van der Waals surface area contributed by atoms with Crippen LogP contribution in [0.2, 0.25) is 0 Å². The Bertz CT molecular complexity index is 530. The molecule has 2 rings (SSSR count). The smallest absolute Gasteiger partial charge is 0.415 e. The van der Waals surface area contributed by atoms with Crippen LogP contribution in [0.4, 0.5) is 4.79 Å². The normalized spacial score (nSPS) is 25.1. The maximum Gasteiger partial charge on any atom is 0.516 e. The number of ether oxygens (including phenoxy) is 1. The third-order valence-corrected chi connectivity index (χ3v) is 4.13. The standard InChI is InChI=1S/C16H21N2O3/c1-18(10-6-5-9-14(18)15(19)11-17)16(20)21-12-13-7-3-2-4-8-13/h2-4,7-8,11,14,17H,5-6,9-10,12H2,1H3/q+1. The number of rotatable bonds is 4. The minimum atomic E-state index is -0.487. The maximum atomic E-state index is 12.4. The number of nitrogens with one attached hydrogen (secondary N) is 1. The molecule has 0 saturated carbocycles. The SMILES string of the molecule is C[N+]1(C(=O)OCc2ccccc2)CCCCC1C(=O)C=N. The van der Waals surface area contributed by atoms with E-state index in [1.54, 1.807) is 7.05 Å². The van der Waals surface area contributed by atoms with Gasteiger partial charge in [0, 0.05) is 6.42 Å². The zero-order valence-corrected chi connectivity index (χ0v) is 12.2. The van der Waals surface area contributed by atoms with Crippen molar-refractivity contribution in [1.82, 2.24) is 0 Å². The molecule has 1 aliphatic rings. The summed E-state index contributed by atoms with van der Waals surface area (Å²) >= 11 is 0. The van der Waals surface area contributed by atoms with Crippen molar-refractivity contribution in [3.63, 3.8) is 0 Å². The number of amides is 1. The van der Waals surface area contributed by atoms with Crippen molar-refractivity contribution in [2.75, 3.05) is 13.6 Å². The summed E-state index contributed by atoms with van der Waals surface area (Å²) in [6.45, 7) is 0.789. The van der Waals surface area contributed by atoms with E-state index in [9.17, 15) is 9.59 Å². The van der Waals surface area contributed by atoms with Gasteiger partial charge in [-0.3, -0.25) is 4.79 Å². The summed E-state index contributed by atoms with van der Waals surface area (Å²) in [6.07, 6.45) is 2.85. The lowest BCUT2D eigenvalue weighted by molar-refractivity contribution is -0.859. The lowest BCUT2D eigenvalue weighted by Crippen LogP contribution is -2.62. The van der Waals surface area contributed by atoms with E-state index in [-0.39, 0.29) is 16.9 Å². The van der Waals surface area contributed by atoms with E-state index in [1.165, 1.54) is 0 Å². The van der Waals surface area contributed by atoms with Gasteiger partial charge in [-0.15, -0.1) is 0 Å². The molecule has 2 unspecified atom stereocenters. The van der Waals surface area contributed by atoms with Gasteiger partial charge in [0.2, 0.25) is 5.78 Å². The minimum absolute atomic E-state index is 0.0545. The van der Waals surface area contributed by atoms with Crippen molar-refractivity contribution in [3.8, 4) is 0 Å². The molecule has 112 valence electrons. The van der Waals surface area contributed by atoms with Gasteiger partial charge in [0.05, 0.1) is 19.8 Å². The predicted octanol–water partition coefficient (Wildman–Crippen LogP) is 2.54. The Morgan fingerprint density at radius 3 is 2.71 bits per heavy atom. The number of ketones is 1. The van der Waals surface area contributed by atoms with Crippen molar-refractivity contribution in [2.45, 2.75) is 31.9 Å². The van der Waals surface area contributed by atoms with E-state index in [2.05, 4.69) is 0 Å². The first kappa shape index (κ1) is 15.4. The summed E-state index contributed by atoms with van der Waals surface area (Å²) in [6, 6.07) is 8.99. The molecule has 1 N–H and O–H groups in total. The molecular weight excluding hydrogens is 268 g/mol. The summed E-state index contributed by atoms with van der Waals surface area (Å²) in [4.78, 5) is 24.3. The molecule has 1 aromatic rings. The molecule has 0 spiro atoms. The van der Waals surface area contributed by atoms with E-state index in [1.807, 2.05) is 30.3 Å². The van der Waals surface area contributed by atoms with Gasteiger partial charge >= 0.3 is 6.09 Å². The first-order valence-corrected chi connectivity index (χ1v) is 7.18. The second-order valence-corrected chi connectivity index (χ2v) is 5.59. The average Bonchev–Trinajstić information content (AvgIpc) is 2.53. The zero-order chi connectivity index (χ0) is 15.3. The number of hydrogen-bond acceptors (Lipinski definition) is 4. The van der Waals surface area contributed by atoms with Gasteiger partial charge in [-0.2, -0.15) is 4.79 Å². The molecule has 1 amide bonds. The van der Waals surface area contributed by atoms with Gasteiger partial charge in [-0.1, -0.05) is 30.3 Å². The highest BCUT2D eigenvalue weighted by atomic mass is 16.6. The number of nitrogens with zero attached hydrogens (tertiary/aromatic N) is 1. The first-order valence-electron chi connectivity index (χ1n) is 7.18. The molecule has 1 heterocycles. The van der Waals surface area contributed by atoms with E-state index >= 15 is 0 Å². The summed E-state index contributed by atoms with van der Waals surface area (Å²) in [5, 5.41) is 7.16. The molecule has 0 bridgehead atoms. The lowest BCUT2D eigenvalue weighted by atomic mass is 9.96. The Balaban J connectivity index is 2.07. The van der Waals surface area contributed by atoms with Gasteiger partial charge in [0.25, 0.3) is 0 Å². The average molecular weight is 289 g/mol. The first-order chi connectivity index (χ1) is 10.1. The molecule has 5 heteroatoms.